The molecule has 1 aliphatic rings. The SMILES string of the molecule is O=C(O)C1CCN(C(c2ccccc2OCc2ccccc2)c2csc3ccccc23)CC1. The minimum Gasteiger partial charge on any atom is -0.489 e. The molecule has 4 aromatic rings. The normalized spacial score (nSPS) is 16.0. The fourth-order valence-electron chi connectivity index (χ4n) is 4.75. The molecule has 0 spiro atoms. The topological polar surface area (TPSA) is 49.8 Å². The number of carbonyl (C=O) groups is 1. The highest BCUT2D eigenvalue weighted by atomic mass is 32.1. The number of fused-ring (bicyclic) bond motifs is 1. The van der Waals surface area contributed by atoms with Crippen LogP contribution in [0.2, 0.25) is 0 Å². The van der Waals surface area contributed by atoms with E-state index >= 15 is 0 Å². The Hall–Kier alpha value is -3.15. The Kier molecular flexibility index (Phi) is 6.42. The molecule has 5 rings (SSSR count). The monoisotopic (exact) mass is 457 g/mol. The number of carboxylic acids is 1. The summed E-state index contributed by atoms with van der Waals surface area (Å²) in [5.41, 5.74) is 3.53. The first-order valence-electron chi connectivity index (χ1n) is 11.4. The number of nitrogens with zero attached hydrogens (tertiary/aromatic N) is 1. The van der Waals surface area contributed by atoms with E-state index in [1.54, 1.807) is 11.3 Å². The second-order valence-electron chi connectivity index (χ2n) is 8.55. The predicted molar refractivity (Wildman–Crippen MR) is 133 cm³/mol. The van der Waals surface area contributed by atoms with Gasteiger partial charge in [-0.1, -0.05) is 66.7 Å². The molecule has 168 valence electrons. The molecular weight excluding hydrogens is 430 g/mol. The first-order chi connectivity index (χ1) is 16.2. The van der Waals surface area contributed by atoms with Gasteiger partial charge in [0.15, 0.2) is 0 Å². The minimum absolute atomic E-state index is 0.0165. The maximum atomic E-state index is 11.5. The number of likely N-dealkylation sites (tertiary alicyclic amines) is 1. The third-order valence-electron chi connectivity index (χ3n) is 6.50. The molecule has 5 heteroatoms. The van der Waals surface area contributed by atoms with E-state index in [1.807, 2.05) is 30.3 Å². The van der Waals surface area contributed by atoms with E-state index < -0.39 is 5.97 Å². The number of hydrogen-bond acceptors (Lipinski definition) is 4. The van der Waals surface area contributed by atoms with Gasteiger partial charge in [-0.05, 0) is 60.0 Å². The van der Waals surface area contributed by atoms with Crippen LogP contribution in [0.15, 0.2) is 84.2 Å². The quantitative estimate of drug-likeness (QED) is 0.350. The van der Waals surface area contributed by atoms with Crippen molar-refractivity contribution in [1.29, 1.82) is 0 Å². The van der Waals surface area contributed by atoms with Crippen molar-refractivity contribution in [2.45, 2.75) is 25.5 Å². The maximum absolute atomic E-state index is 11.5. The lowest BCUT2D eigenvalue weighted by molar-refractivity contribution is -0.143. The van der Waals surface area contributed by atoms with Crippen molar-refractivity contribution in [3.8, 4) is 5.75 Å². The Morgan fingerprint density at radius 1 is 0.939 bits per heavy atom. The van der Waals surface area contributed by atoms with E-state index in [2.05, 4.69) is 58.8 Å². The van der Waals surface area contributed by atoms with Gasteiger partial charge in [0.25, 0.3) is 0 Å². The Bertz CT molecular complexity index is 1230. The fraction of sp³-hybridized carbons (Fsp3) is 0.250. The summed E-state index contributed by atoms with van der Waals surface area (Å²) in [5.74, 6) is -0.0635. The zero-order valence-electron chi connectivity index (χ0n) is 18.4. The lowest BCUT2D eigenvalue weighted by Crippen LogP contribution is -2.39. The van der Waals surface area contributed by atoms with Gasteiger partial charge >= 0.3 is 5.97 Å². The van der Waals surface area contributed by atoms with Crippen molar-refractivity contribution >= 4 is 27.4 Å². The molecule has 0 bridgehead atoms. The molecule has 0 amide bonds. The number of carboxylic acid groups (broad SMARTS) is 1. The summed E-state index contributed by atoms with van der Waals surface area (Å²) in [4.78, 5) is 14.0. The van der Waals surface area contributed by atoms with Gasteiger partial charge < -0.3 is 9.84 Å². The van der Waals surface area contributed by atoms with Gasteiger partial charge in [0.1, 0.15) is 12.4 Å². The highest BCUT2D eigenvalue weighted by Gasteiger charge is 2.32. The zero-order valence-corrected chi connectivity index (χ0v) is 19.2. The molecule has 3 aromatic carbocycles. The Balaban J connectivity index is 1.52. The van der Waals surface area contributed by atoms with Crippen LogP contribution in [0.5, 0.6) is 5.75 Å². The van der Waals surface area contributed by atoms with Crippen molar-refractivity contribution < 1.29 is 14.6 Å². The van der Waals surface area contributed by atoms with Crippen molar-refractivity contribution in [2.24, 2.45) is 5.92 Å². The third-order valence-corrected chi connectivity index (χ3v) is 7.48. The Labute approximate surface area is 198 Å². The van der Waals surface area contributed by atoms with Gasteiger partial charge in [-0.25, -0.2) is 0 Å². The maximum Gasteiger partial charge on any atom is 0.306 e. The highest BCUT2D eigenvalue weighted by molar-refractivity contribution is 7.17. The average molecular weight is 458 g/mol. The molecule has 1 N–H and O–H groups in total. The number of thiophene rings is 1. The van der Waals surface area contributed by atoms with Crippen LogP contribution in [-0.2, 0) is 11.4 Å². The van der Waals surface area contributed by atoms with Gasteiger partial charge in [-0.2, -0.15) is 0 Å². The number of piperidine rings is 1. The van der Waals surface area contributed by atoms with Crippen molar-refractivity contribution in [3.05, 3.63) is 101 Å². The fourth-order valence-corrected chi connectivity index (χ4v) is 5.73. The van der Waals surface area contributed by atoms with Crippen LogP contribution in [0.4, 0.5) is 0 Å². The van der Waals surface area contributed by atoms with E-state index in [0.717, 1.165) is 30.0 Å². The summed E-state index contributed by atoms with van der Waals surface area (Å²) in [5, 5.41) is 13.0. The zero-order chi connectivity index (χ0) is 22.6. The van der Waals surface area contributed by atoms with Crippen LogP contribution < -0.4 is 4.74 Å². The predicted octanol–water partition coefficient (Wildman–Crippen LogP) is 6.37. The summed E-state index contributed by atoms with van der Waals surface area (Å²) in [6.45, 7) is 2.01. The Morgan fingerprint density at radius 2 is 1.64 bits per heavy atom. The van der Waals surface area contributed by atoms with Gasteiger partial charge in [-0.15, -0.1) is 11.3 Å². The number of ether oxygens (including phenoxy) is 1. The molecule has 1 saturated heterocycles. The molecule has 1 aliphatic heterocycles. The molecule has 1 aromatic heterocycles. The first-order valence-corrected chi connectivity index (χ1v) is 12.3. The lowest BCUT2D eigenvalue weighted by atomic mass is 9.90. The summed E-state index contributed by atoms with van der Waals surface area (Å²) in [6.07, 6.45) is 1.34. The van der Waals surface area contributed by atoms with Crippen molar-refractivity contribution in [2.75, 3.05) is 13.1 Å². The Morgan fingerprint density at radius 3 is 2.42 bits per heavy atom. The molecule has 2 heterocycles. The summed E-state index contributed by atoms with van der Waals surface area (Å²) >= 11 is 1.76. The van der Waals surface area contributed by atoms with Crippen LogP contribution in [0, 0.1) is 5.92 Å². The van der Waals surface area contributed by atoms with Crippen molar-refractivity contribution in [1.82, 2.24) is 4.90 Å². The average Bonchev–Trinajstić information content (AvgIpc) is 3.28. The van der Waals surface area contributed by atoms with E-state index in [1.165, 1.54) is 15.6 Å². The molecule has 4 nitrogen and oxygen atoms in total. The lowest BCUT2D eigenvalue weighted by Gasteiger charge is -2.37. The molecule has 0 saturated carbocycles. The molecule has 1 atom stereocenters. The van der Waals surface area contributed by atoms with Gasteiger partial charge in [0.2, 0.25) is 0 Å². The van der Waals surface area contributed by atoms with Crippen LogP contribution in [0.25, 0.3) is 10.1 Å². The van der Waals surface area contributed by atoms with Gasteiger partial charge in [0, 0.05) is 10.3 Å². The second kappa shape index (κ2) is 9.77. The van der Waals surface area contributed by atoms with Crippen molar-refractivity contribution in [3.63, 3.8) is 0 Å². The molecule has 0 radical (unpaired) electrons. The van der Waals surface area contributed by atoms with Crippen LogP contribution in [0.1, 0.15) is 35.6 Å². The van der Waals surface area contributed by atoms with E-state index in [9.17, 15) is 9.90 Å². The van der Waals surface area contributed by atoms with E-state index in [-0.39, 0.29) is 12.0 Å². The van der Waals surface area contributed by atoms with Crippen LogP contribution >= 0.6 is 11.3 Å². The first kappa shape index (κ1) is 21.7. The summed E-state index contributed by atoms with van der Waals surface area (Å²) in [7, 11) is 0. The van der Waals surface area contributed by atoms with Crippen LogP contribution in [0.3, 0.4) is 0 Å². The van der Waals surface area contributed by atoms with Gasteiger partial charge in [-0.3, -0.25) is 9.69 Å². The van der Waals surface area contributed by atoms with E-state index in [0.29, 0.717) is 19.4 Å². The number of rotatable bonds is 7. The number of aliphatic carboxylic acids is 1. The molecule has 0 aliphatic carbocycles. The highest BCUT2D eigenvalue weighted by Crippen LogP contribution is 2.42. The molecule has 33 heavy (non-hydrogen) atoms. The van der Waals surface area contributed by atoms with Gasteiger partial charge in [0.05, 0.1) is 12.0 Å². The minimum atomic E-state index is -0.682. The standard InChI is InChI=1S/C28H27NO3S/c30-28(31)21-14-16-29(17-15-21)27(24-19-33-26-13-7-5-10-22(24)26)23-11-4-6-12-25(23)32-18-20-8-2-1-3-9-20/h1-13,19,21,27H,14-18H2,(H,30,31). The van der Waals surface area contributed by atoms with Crippen LogP contribution in [-0.4, -0.2) is 29.1 Å². The molecule has 1 fully saturated rings. The summed E-state index contributed by atoms with van der Waals surface area (Å²) < 4.78 is 7.61. The molecule has 1 unspecified atom stereocenters. The molecular formula is C28H27NO3S. The smallest absolute Gasteiger partial charge is 0.306 e. The largest absolute Gasteiger partial charge is 0.489 e. The van der Waals surface area contributed by atoms with E-state index in [4.69, 9.17) is 4.74 Å². The number of hydrogen-bond donors (Lipinski definition) is 1. The number of benzene rings is 3. The summed E-state index contributed by atoms with van der Waals surface area (Å²) in [6, 6.07) is 27.0. The number of para-hydroxylation sites is 1. The second-order valence-corrected chi connectivity index (χ2v) is 9.46. The third kappa shape index (κ3) is 4.65.